The fourth-order valence-electron chi connectivity index (χ4n) is 3.29. The van der Waals surface area contributed by atoms with Crippen LogP contribution in [0, 0.1) is 6.92 Å². The second kappa shape index (κ2) is 9.59. The summed E-state index contributed by atoms with van der Waals surface area (Å²) in [6, 6.07) is 14.8. The molecular weight excluding hydrogens is 424 g/mol. The number of carbonyl (C=O) groups excluding carboxylic acids is 2. The molecule has 0 aliphatic carbocycles. The highest BCUT2D eigenvalue weighted by Crippen LogP contribution is 2.25. The molecule has 0 saturated carbocycles. The first-order chi connectivity index (χ1) is 15.6. The number of amides is 2. The maximum atomic E-state index is 12.8. The van der Waals surface area contributed by atoms with E-state index in [9.17, 15) is 9.59 Å². The summed E-state index contributed by atoms with van der Waals surface area (Å²) in [5, 5.41) is 24.7. The molecule has 162 valence electrons. The first-order valence-corrected chi connectivity index (χ1v) is 10.9. The van der Waals surface area contributed by atoms with Crippen LogP contribution in [0.15, 0.2) is 53.9 Å². The van der Waals surface area contributed by atoms with Crippen LogP contribution in [0.3, 0.4) is 0 Å². The molecule has 32 heavy (non-hydrogen) atoms. The largest absolute Gasteiger partial charge is 0.395 e. The smallest absolute Gasteiger partial charge is 0.266 e. The van der Waals surface area contributed by atoms with Gasteiger partial charge in [0.15, 0.2) is 0 Å². The van der Waals surface area contributed by atoms with Crippen LogP contribution in [-0.2, 0) is 0 Å². The highest BCUT2D eigenvalue weighted by molar-refractivity contribution is 7.12. The maximum Gasteiger partial charge on any atom is 0.266 e. The van der Waals surface area contributed by atoms with Crippen molar-refractivity contribution in [3.05, 3.63) is 81.2 Å². The van der Waals surface area contributed by atoms with Crippen molar-refractivity contribution in [3.8, 4) is 0 Å². The first kappa shape index (κ1) is 21.5. The Morgan fingerprint density at radius 2 is 1.97 bits per heavy atom. The summed E-state index contributed by atoms with van der Waals surface area (Å²) in [7, 11) is 0. The number of fused-ring (bicyclic) bond motifs is 1. The highest BCUT2D eigenvalue weighted by atomic mass is 32.1. The monoisotopic (exact) mass is 446 g/mol. The van der Waals surface area contributed by atoms with E-state index in [4.69, 9.17) is 5.11 Å². The summed E-state index contributed by atoms with van der Waals surface area (Å²) in [6.45, 7) is 1.89. The van der Waals surface area contributed by atoms with E-state index in [0.717, 1.165) is 27.7 Å². The molecule has 0 radical (unpaired) electrons. The minimum atomic E-state index is -0.323. The molecule has 2 heterocycles. The number of benzene rings is 2. The number of hydrogen-bond acceptors (Lipinski definition) is 5. The van der Waals surface area contributed by atoms with E-state index in [1.54, 1.807) is 18.2 Å². The summed E-state index contributed by atoms with van der Waals surface area (Å²) in [5.41, 5.74) is 4.24. The van der Waals surface area contributed by atoms with Crippen LogP contribution >= 0.6 is 11.3 Å². The number of hydrogen-bond donors (Lipinski definition) is 4. The zero-order valence-corrected chi connectivity index (χ0v) is 18.2. The SMILES string of the molecule is Cc1ccsc1C(=O)Nc1cc(C(=O)NCCO)ccc1/C=C/c1n[nH]c2ccccc12. The third-order valence-electron chi connectivity index (χ3n) is 4.95. The molecule has 2 amide bonds. The molecular formula is C24H22N4O3S. The molecule has 0 aliphatic heterocycles. The fourth-order valence-corrected chi connectivity index (χ4v) is 4.11. The third kappa shape index (κ3) is 4.61. The number of aliphatic hydroxyl groups excluding tert-OH is 1. The van der Waals surface area contributed by atoms with Gasteiger partial charge in [0, 0.05) is 23.2 Å². The standard InChI is InChI=1S/C24H22N4O3S/c1-15-10-13-32-22(15)24(31)26-21-14-17(23(30)25-11-12-29)7-6-16(21)8-9-20-18-4-2-3-5-19(18)27-28-20/h2-10,13-14,29H,11-12H2,1H3,(H,25,30)(H,26,31)(H,27,28)/b9-8+. The van der Waals surface area contributed by atoms with Crippen molar-refractivity contribution in [2.45, 2.75) is 6.92 Å². The lowest BCUT2D eigenvalue weighted by molar-refractivity contribution is 0.0943. The van der Waals surface area contributed by atoms with Crippen LogP contribution in [0.4, 0.5) is 5.69 Å². The van der Waals surface area contributed by atoms with E-state index < -0.39 is 0 Å². The second-order valence-electron chi connectivity index (χ2n) is 7.16. The number of rotatable bonds is 7. The molecule has 4 aromatic rings. The van der Waals surface area contributed by atoms with Crippen molar-refractivity contribution < 1.29 is 14.7 Å². The summed E-state index contributed by atoms with van der Waals surface area (Å²) in [6.07, 6.45) is 3.72. The summed E-state index contributed by atoms with van der Waals surface area (Å²) >= 11 is 1.37. The highest BCUT2D eigenvalue weighted by Gasteiger charge is 2.15. The van der Waals surface area contributed by atoms with Crippen molar-refractivity contribution in [2.24, 2.45) is 0 Å². The molecule has 0 aliphatic rings. The van der Waals surface area contributed by atoms with E-state index in [0.29, 0.717) is 16.1 Å². The average Bonchev–Trinajstić information content (AvgIpc) is 3.42. The number of carbonyl (C=O) groups is 2. The number of para-hydroxylation sites is 1. The zero-order chi connectivity index (χ0) is 22.5. The molecule has 0 saturated heterocycles. The summed E-state index contributed by atoms with van der Waals surface area (Å²) in [5.74, 6) is -0.555. The number of H-pyrrole nitrogens is 1. The molecule has 7 nitrogen and oxygen atoms in total. The van der Waals surface area contributed by atoms with Gasteiger partial charge in [-0.25, -0.2) is 0 Å². The summed E-state index contributed by atoms with van der Waals surface area (Å²) in [4.78, 5) is 25.8. The van der Waals surface area contributed by atoms with Gasteiger partial charge in [0.05, 0.1) is 22.7 Å². The average molecular weight is 447 g/mol. The van der Waals surface area contributed by atoms with E-state index >= 15 is 0 Å². The van der Waals surface area contributed by atoms with Gasteiger partial charge in [-0.15, -0.1) is 11.3 Å². The van der Waals surface area contributed by atoms with Gasteiger partial charge in [-0.3, -0.25) is 14.7 Å². The topological polar surface area (TPSA) is 107 Å². The summed E-state index contributed by atoms with van der Waals surface area (Å²) < 4.78 is 0. The van der Waals surface area contributed by atoms with E-state index in [1.807, 2.05) is 54.8 Å². The Balaban J connectivity index is 1.67. The number of thiophene rings is 1. The van der Waals surface area contributed by atoms with Crippen LogP contribution in [0.5, 0.6) is 0 Å². The Labute approximate surface area is 188 Å². The molecule has 0 unspecified atom stereocenters. The molecule has 4 N–H and O–H groups in total. The number of nitrogens with one attached hydrogen (secondary N) is 3. The van der Waals surface area contributed by atoms with Gasteiger partial charge in [0.2, 0.25) is 0 Å². The Morgan fingerprint density at radius 3 is 2.75 bits per heavy atom. The van der Waals surface area contributed by atoms with Crippen molar-refractivity contribution in [1.29, 1.82) is 0 Å². The Bertz CT molecular complexity index is 1310. The molecule has 0 atom stereocenters. The minimum Gasteiger partial charge on any atom is -0.395 e. The lowest BCUT2D eigenvalue weighted by Gasteiger charge is -2.11. The first-order valence-electron chi connectivity index (χ1n) is 10.1. The minimum absolute atomic E-state index is 0.147. The van der Waals surface area contributed by atoms with Crippen LogP contribution in [0.2, 0.25) is 0 Å². The third-order valence-corrected chi connectivity index (χ3v) is 5.97. The second-order valence-corrected chi connectivity index (χ2v) is 8.07. The molecule has 2 aromatic heterocycles. The molecule has 0 bridgehead atoms. The normalized spacial score (nSPS) is 11.2. The number of aromatic nitrogens is 2. The predicted octanol–water partition coefficient (Wildman–Crippen LogP) is 4.08. The molecule has 0 spiro atoms. The molecule has 8 heteroatoms. The van der Waals surface area contributed by atoms with Gasteiger partial charge in [-0.1, -0.05) is 30.3 Å². The fraction of sp³-hybridized carbons (Fsp3) is 0.125. The molecule has 4 rings (SSSR count). The molecule has 2 aromatic carbocycles. The predicted molar refractivity (Wildman–Crippen MR) is 128 cm³/mol. The van der Waals surface area contributed by atoms with Gasteiger partial charge in [-0.2, -0.15) is 5.10 Å². The zero-order valence-electron chi connectivity index (χ0n) is 17.4. The number of aliphatic hydroxyl groups is 1. The van der Waals surface area contributed by atoms with Crippen LogP contribution in [0.1, 0.15) is 36.9 Å². The maximum absolute atomic E-state index is 12.8. The van der Waals surface area contributed by atoms with Crippen LogP contribution < -0.4 is 10.6 Å². The van der Waals surface area contributed by atoms with Gasteiger partial charge in [0.1, 0.15) is 0 Å². The van der Waals surface area contributed by atoms with Gasteiger partial charge in [-0.05, 0) is 53.8 Å². The number of nitrogens with zero attached hydrogens (tertiary/aromatic N) is 1. The van der Waals surface area contributed by atoms with Crippen molar-refractivity contribution >= 4 is 51.9 Å². The quantitative estimate of drug-likeness (QED) is 0.343. The van der Waals surface area contributed by atoms with E-state index in [2.05, 4.69) is 20.8 Å². The number of aromatic amines is 1. The van der Waals surface area contributed by atoms with Gasteiger partial charge >= 0.3 is 0 Å². The molecule has 0 fully saturated rings. The lowest BCUT2D eigenvalue weighted by atomic mass is 10.1. The Morgan fingerprint density at radius 1 is 1.12 bits per heavy atom. The van der Waals surface area contributed by atoms with E-state index in [-0.39, 0.29) is 25.0 Å². The van der Waals surface area contributed by atoms with E-state index in [1.165, 1.54) is 11.3 Å². The van der Waals surface area contributed by atoms with Crippen LogP contribution in [0.25, 0.3) is 23.1 Å². The van der Waals surface area contributed by atoms with Gasteiger partial charge in [0.25, 0.3) is 11.8 Å². The van der Waals surface area contributed by atoms with Crippen molar-refractivity contribution in [2.75, 3.05) is 18.5 Å². The van der Waals surface area contributed by atoms with Crippen molar-refractivity contribution in [1.82, 2.24) is 15.5 Å². The number of aryl methyl sites for hydroxylation is 1. The van der Waals surface area contributed by atoms with Crippen LogP contribution in [-0.4, -0.2) is 40.3 Å². The number of anilines is 1. The lowest BCUT2D eigenvalue weighted by Crippen LogP contribution is -2.26. The Kier molecular flexibility index (Phi) is 6.44. The van der Waals surface area contributed by atoms with Gasteiger partial charge < -0.3 is 15.7 Å². The Hall–Kier alpha value is -3.75. The van der Waals surface area contributed by atoms with Crippen molar-refractivity contribution in [3.63, 3.8) is 0 Å².